The number of nitrogens with zero attached hydrogens (tertiary/aromatic N) is 2. The smallest absolute Gasteiger partial charge is 0.255 e. The fourth-order valence-corrected chi connectivity index (χ4v) is 5.20. The zero-order chi connectivity index (χ0) is 21.2. The predicted molar refractivity (Wildman–Crippen MR) is 117 cm³/mol. The monoisotopic (exact) mass is 415 g/mol. The Morgan fingerprint density at radius 2 is 1.52 bits per heavy atom. The third-order valence-corrected chi connectivity index (χ3v) is 7.19. The molecular formula is C22H29N3O3S. The molecule has 1 saturated heterocycles. The van der Waals surface area contributed by atoms with Crippen LogP contribution >= 0.6 is 0 Å². The lowest BCUT2D eigenvalue weighted by Crippen LogP contribution is -2.47. The maximum Gasteiger partial charge on any atom is 0.255 e. The summed E-state index contributed by atoms with van der Waals surface area (Å²) in [6.07, 6.45) is 0. The van der Waals surface area contributed by atoms with Gasteiger partial charge in [-0.05, 0) is 56.6 Å². The predicted octanol–water partition coefficient (Wildman–Crippen LogP) is 2.94. The number of nitrogens with one attached hydrogen (secondary N) is 1. The van der Waals surface area contributed by atoms with E-state index in [0.29, 0.717) is 24.2 Å². The van der Waals surface area contributed by atoms with E-state index in [1.165, 1.54) is 0 Å². The molecule has 1 N–H and O–H groups in total. The van der Waals surface area contributed by atoms with Crippen LogP contribution in [0.1, 0.15) is 32.6 Å². The van der Waals surface area contributed by atoms with E-state index < -0.39 is 10.0 Å². The van der Waals surface area contributed by atoms with E-state index >= 15 is 0 Å². The van der Waals surface area contributed by atoms with Gasteiger partial charge in [0.05, 0.1) is 5.75 Å². The van der Waals surface area contributed by atoms with Crippen molar-refractivity contribution in [1.82, 2.24) is 9.21 Å². The van der Waals surface area contributed by atoms with Crippen LogP contribution in [0.4, 0.5) is 5.69 Å². The molecule has 0 radical (unpaired) electrons. The third kappa shape index (κ3) is 5.23. The van der Waals surface area contributed by atoms with Crippen molar-refractivity contribution < 1.29 is 13.2 Å². The molecule has 1 amide bonds. The molecule has 2 aromatic carbocycles. The van der Waals surface area contributed by atoms with Gasteiger partial charge in [-0.15, -0.1) is 0 Å². The van der Waals surface area contributed by atoms with Gasteiger partial charge in [-0.2, -0.15) is 4.31 Å². The number of sulfonamides is 1. The van der Waals surface area contributed by atoms with Gasteiger partial charge in [-0.3, -0.25) is 4.79 Å². The van der Waals surface area contributed by atoms with Crippen LogP contribution in [0.3, 0.4) is 0 Å². The number of amides is 1. The highest BCUT2D eigenvalue weighted by Gasteiger charge is 2.25. The Hall–Kier alpha value is -2.22. The molecule has 0 aliphatic carbocycles. The molecule has 0 bridgehead atoms. The number of anilines is 1. The van der Waals surface area contributed by atoms with Crippen LogP contribution in [0.2, 0.25) is 0 Å². The first-order chi connectivity index (χ1) is 13.7. The number of hydrogen-bond donors (Lipinski definition) is 1. The lowest BCUT2D eigenvalue weighted by Gasteiger charge is -2.31. The van der Waals surface area contributed by atoms with Gasteiger partial charge in [-0.25, -0.2) is 8.42 Å². The minimum atomic E-state index is -3.35. The summed E-state index contributed by atoms with van der Waals surface area (Å²) in [6, 6.07) is 10.9. The Bertz CT molecular complexity index is 969. The van der Waals surface area contributed by atoms with Crippen LogP contribution in [0.5, 0.6) is 0 Å². The second-order valence-corrected chi connectivity index (χ2v) is 9.85. The van der Waals surface area contributed by atoms with E-state index in [4.69, 9.17) is 0 Å². The number of aryl methyl sites for hydroxylation is 3. The second-order valence-electron chi connectivity index (χ2n) is 7.88. The van der Waals surface area contributed by atoms with Gasteiger partial charge in [0, 0.05) is 37.4 Å². The standard InChI is InChI=1S/C22H29N3O3S/c1-16-13-17(2)21(18(3)14-16)23-22(26)20-7-5-19(6-8-20)15-29(27,28)25-11-9-24(4)10-12-25/h5-8,13-14H,9-12,15H2,1-4H3,(H,23,26). The molecule has 1 aliphatic heterocycles. The molecule has 0 unspecified atom stereocenters. The molecule has 3 rings (SSSR count). The number of benzene rings is 2. The van der Waals surface area contributed by atoms with Crippen molar-refractivity contribution in [2.45, 2.75) is 26.5 Å². The molecule has 1 fully saturated rings. The lowest BCUT2D eigenvalue weighted by atomic mass is 10.0. The number of likely N-dealkylation sites (N-methyl/N-ethyl adjacent to an activating group) is 1. The first kappa shape index (κ1) is 21.5. The molecule has 1 heterocycles. The van der Waals surface area contributed by atoms with E-state index in [0.717, 1.165) is 35.5 Å². The van der Waals surface area contributed by atoms with Gasteiger partial charge in [0.1, 0.15) is 0 Å². The fraction of sp³-hybridized carbons (Fsp3) is 0.409. The number of piperazine rings is 1. The number of rotatable bonds is 5. The quantitative estimate of drug-likeness (QED) is 0.815. The number of hydrogen-bond acceptors (Lipinski definition) is 4. The Morgan fingerprint density at radius 1 is 0.966 bits per heavy atom. The Balaban J connectivity index is 1.68. The lowest BCUT2D eigenvalue weighted by molar-refractivity contribution is 0.102. The summed E-state index contributed by atoms with van der Waals surface area (Å²) in [5, 5.41) is 2.98. The average Bonchev–Trinajstić information content (AvgIpc) is 2.65. The molecule has 0 atom stereocenters. The van der Waals surface area contributed by atoms with E-state index in [9.17, 15) is 13.2 Å². The minimum absolute atomic E-state index is 0.0468. The molecule has 0 spiro atoms. The Kier molecular flexibility index (Phi) is 6.41. The third-order valence-electron chi connectivity index (χ3n) is 5.34. The molecular weight excluding hydrogens is 386 g/mol. The number of carbonyl (C=O) groups is 1. The maximum atomic E-state index is 12.7. The van der Waals surface area contributed by atoms with E-state index in [1.807, 2.05) is 40.0 Å². The topological polar surface area (TPSA) is 69.7 Å². The summed E-state index contributed by atoms with van der Waals surface area (Å²) in [5.41, 5.74) is 5.20. The van der Waals surface area contributed by atoms with Crippen LogP contribution in [-0.4, -0.2) is 56.8 Å². The molecule has 0 aromatic heterocycles. The SMILES string of the molecule is Cc1cc(C)c(NC(=O)c2ccc(CS(=O)(=O)N3CCN(C)CC3)cc2)c(C)c1. The van der Waals surface area contributed by atoms with E-state index in [2.05, 4.69) is 10.2 Å². The maximum absolute atomic E-state index is 12.7. The van der Waals surface area contributed by atoms with Crippen molar-refractivity contribution in [3.8, 4) is 0 Å². The Labute approximate surface area is 173 Å². The van der Waals surface area contributed by atoms with Gasteiger partial charge in [0.25, 0.3) is 5.91 Å². The molecule has 6 nitrogen and oxygen atoms in total. The summed E-state index contributed by atoms with van der Waals surface area (Å²) >= 11 is 0. The van der Waals surface area contributed by atoms with Crippen molar-refractivity contribution >= 4 is 21.6 Å². The van der Waals surface area contributed by atoms with Gasteiger partial charge in [0.15, 0.2) is 0 Å². The van der Waals surface area contributed by atoms with E-state index in [-0.39, 0.29) is 11.7 Å². The van der Waals surface area contributed by atoms with Crippen LogP contribution < -0.4 is 5.32 Å². The van der Waals surface area contributed by atoms with Gasteiger partial charge < -0.3 is 10.2 Å². The van der Waals surface area contributed by atoms with Crippen molar-refractivity contribution in [3.63, 3.8) is 0 Å². The molecule has 2 aromatic rings. The van der Waals surface area contributed by atoms with Crippen LogP contribution in [0.15, 0.2) is 36.4 Å². The van der Waals surface area contributed by atoms with Crippen LogP contribution in [0.25, 0.3) is 0 Å². The molecule has 1 aliphatic rings. The summed E-state index contributed by atoms with van der Waals surface area (Å²) in [7, 11) is -1.36. The second kappa shape index (κ2) is 8.65. The highest BCUT2D eigenvalue weighted by molar-refractivity contribution is 7.88. The van der Waals surface area contributed by atoms with Gasteiger partial charge in [-0.1, -0.05) is 29.8 Å². The molecule has 7 heteroatoms. The zero-order valence-corrected chi connectivity index (χ0v) is 18.3. The Morgan fingerprint density at radius 3 is 2.07 bits per heavy atom. The molecule has 29 heavy (non-hydrogen) atoms. The summed E-state index contributed by atoms with van der Waals surface area (Å²) in [5.74, 6) is -0.247. The average molecular weight is 416 g/mol. The summed E-state index contributed by atoms with van der Waals surface area (Å²) in [6.45, 7) is 8.51. The number of carbonyl (C=O) groups excluding carboxylic acids is 1. The molecule has 156 valence electrons. The first-order valence-corrected chi connectivity index (χ1v) is 11.4. The zero-order valence-electron chi connectivity index (χ0n) is 17.5. The van der Waals surface area contributed by atoms with Gasteiger partial charge >= 0.3 is 0 Å². The van der Waals surface area contributed by atoms with Crippen molar-refractivity contribution in [3.05, 3.63) is 64.2 Å². The van der Waals surface area contributed by atoms with Crippen molar-refractivity contribution in [1.29, 1.82) is 0 Å². The van der Waals surface area contributed by atoms with Crippen molar-refractivity contribution in [2.75, 3.05) is 38.5 Å². The minimum Gasteiger partial charge on any atom is -0.322 e. The summed E-state index contributed by atoms with van der Waals surface area (Å²) < 4.78 is 26.9. The summed E-state index contributed by atoms with van der Waals surface area (Å²) in [4.78, 5) is 14.8. The van der Waals surface area contributed by atoms with Crippen LogP contribution in [-0.2, 0) is 15.8 Å². The first-order valence-electron chi connectivity index (χ1n) is 9.80. The van der Waals surface area contributed by atoms with Crippen LogP contribution in [0, 0.1) is 20.8 Å². The van der Waals surface area contributed by atoms with Gasteiger partial charge in [0.2, 0.25) is 10.0 Å². The normalized spacial score (nSPS) is 16.0. The largest absolute Gasteiger partial charge is 0.322 e. The fourth-order valence-electron chi connectivity index (χ4n) is 3.68. The molecule has 0 saturated carbocycles. The highest BCUT2D eigenvalue weighted by Crippen LogP contribution is 2.23. The highest BCUT2D eigenvalue weighted by atomic mass is 32.2. The van der Waals surface area contributed by atoms with E-state index in [1.54, 1.807) is 28.6 Å². The van der Waals surface area contributed by atoms with Crippen molar-refractivity contribution in [2.24, 2.45) is 0 Å².